The largest absolute Gasteiger partial charge is 0.467 e. The molecule has 0 amide bonds. The third-order valence-corrected chi connectivity index (χ3v) is 2.41. The van der Waals surface area contributed by atoms with Gasteiger partial charge >= 0.3 is 5.97 Å². The lowest BCUT2D eigenvalue weighted by Crippen LogP contribution is -2.32. The highest BCUT2D eigenvalue weighted by Gasteiger charge is 2.20. The lowest BCUT2D eigenvalue weighted by atomic mass is 10.0. The Hall–Kier alpha value is -2.09. The van der Waals surface area contributed by atoms with E-state index in [0.29, 0.717) is 23.7 Å². The maximum Gasteiger partial charge on any atom is 0.328 e. The number of carbonyl (C=O) groups is 1. The van der Waals surface area contributed by atoms with Gasteiger partial charge in [0.2, 0.25) is 0 Å². The van der Waals surface area contributed by atoms with Gasteiger partial charge in [-0.1, -0.05) is 13.8 Å². The van der Waals surface area contributed by atoms with E-state index in [1.807, 2.05) is 19.9 Å². The van der Waals surface area contributed by atoms with E-state index in [4.69, 9.17) is 10.00 Å². The smallest absolute Gasteiger partial charge is 0.328 e. The summed E-state index contributed by atoms with van der Waals surface area (Å²) in [5, 5.41) is 11.7. The molecule has 5 heteroatoms. The molecule has 1 rings (SSSR count). The molecule has 1 heterocycles. The van der Waals surface area contributed by atoms with E-state index in [2.05, 4.69) is 10.3 Å². The van der Waals surface area contributed by atoms with Crippen LogP contribution in [0.25, 0.3) is 0 Å². The molecule has 0 aliphatic heterocycles. The molecule has 1 aromatic heterocycles. The van der Waals surface area contributed by atoms with Crippen molar-refractivity contribution < 1.29 is 9.53 Å². The van der Waals surface area contributed by atoms with Crippen LogP contribution in [-0.2, 0) is 9.53 Å². The van der Waals surface area contributed by atoms with Gasteiger partial charge in [0.1, 0.15) is 17.8 Å². The quantitative estimate of drug-likeness (QED) is 0.805. The van der Waals surface area contributed by atoms with E-state index in [1.54, 1.807) is 12.1 Å². The number of anilines is 1. The number of aromatic nitrogens is 1. The molecule has 0 spiro atoms. The highest BCUT2D eigenvalue weighted by atomic mass is 16.5. The van der Waals surface area contributed by atoms with E-state index in [9.17, 15) is 4.79 Å². The molecule has 1 unspecified atom stereocenters. The minimum absolute atomic E-state index is 0.298. The predicted molar refractivity (Wildman–Crippen MR) is 67.8 cm³/mol. The molecule has 0 saturated heterocycles. The molecule has 1 atom stereocenters. The molecule has 0 saturated carbocycles. The van der Waals surface area contributed by atoms with E-state index in [1.165, 1.54) is 13.3 Å². The standard InChI is InChI=1S/C13H17N3O2/c1-9(2)6-12(13(17)18-3)16-11-5-4-10(7-14)15-8-11/h4-5,8-9,12,16H,6H2,1-3H3. The van der Waals surface area contributed by atoms with Crippen LogP contribution in [0.4, 0.5) is 5.69 Å². The Morgan fingerprint density at radius 2 is 2.28 bits per heavy atom. The first-order chi connectivity index (χ1) is 8.56. The second-order valence-corrected chi connectivity index (χ2v) is 4.39. The van der Waals surface area contributed by atoms with Crippen LogP contribution in [0.3, 0.4) is 0 Å². The second kappa shape index (κ2) is 6.60. The summed E-state index contributed by atoms with van der Waals surface area (Å²) in [6.07, 6.45) is 2.21. The molecule has 0 aliphatic rings. The van der Waals surface area contributed by atoms with Crippen molar-refractivity contribution in [2.45, 2.75) is 26.3 Å². The van der Waals surface area contributed by atoms with Gasteiger partial charge < -0.3 is 10.1 Å². The maximum atomic E-state index is 11.6. The normalized spacial score (nSPS) is 11.7. The Morgan fingerprint density at radius 3 is 2.72 bits per heavy atom. The molecular formula is C13H17N3O2. The van der Waals surface area contributed by atoms with Crippen molar-refractivity contribution in [1.29, 1.82) is 5.26 Å². The summed E-state index contributed by atoms with van der Waals surface area (Å²) in [7, 11) is 1.37. The molecule has 96 valence electrons. The van der Waals surface area contributed by atoms with E-state index in [-0.39, 0.29) is 5.97 Å². The molecule has 1 aromatic rings. The zero-order valence-electron chi connectivity index (χ0n) is 10.8. The molecule has 0 aliphatic carbocycles. The highest BCUT2D eigenvalue weighted by molar-refractivity contribution is 5.79. The fourth-order valence-corrected chi connectivity index (χ4v) is 1.57. The van der Waals surface area contributed by atoms with Crippen LogP contribution in [-0.4, -0.2) is 24.1 Å². The summed E-state index contributed by atoms with van der Waals surface area (Å²) in [5.41, 5.74) is 1.05. The lowest BCUT2D eigenvalue weighted by Gasteiger charge is -2.19. The first kappa shape index (κ1) is 14.0. The number of ether oxygens (including phenoxy) is 1. The summed E-state index contributed by atoms with van der Waals surface area (Å²) in [4.78, 5) is 15.6. The summed E-state index contributed by atoms with van der Waals surface area (Å²) in [6, 6.07) is 4.87. The molecule has 1 N–H and O–H groups in total. The number of esters is 1. The van der Waals surface area contributed by atoms with Gasteiger partial charge in [-0.05, 0) is 24.5 Å². The van der Waals surface area contributed by atoms with Crippen molar-refractivity contribution in [3.05, 3.63) is 24.0 Å². The van der Waals surface area contributed by atoms with Gasteiger partial charge in [0.05, 0.1) is 19.0 Å². The minimum Gasteiger partial charge on any atom is -0.467 e. The van der Waals surface area contributed by atoms with Crippen LogP contribution in [0, 0.1) is 17.2 Å². The third kappa shape index (κ3) is 4.06. The van der Waals surface area contributed by atoms with Crippen molar-refractivity contribution in [1.82, 2.24) is 4.98 Å². The van der Waals surface area contributed by atoms with Crippen LogP contribution < -0.4 is 5.32 Å². The average molecular weight is 247 g/mol. The van der Waals surface area contributed by atoms with E-state index < -0.39 is 6.04 Å². The number of methoxy groups -OCH3 is 1. The van der Waals surface area contributed by atoms with Crippen LogP contribution in [0.15, 0.2) is 18.3 Å². The Balaban J connectivity index is 2.75. The fourth-order valence-electron chi connectivity index (χ4n) is 1.57. The first-order valence-corrected chi connectivity index (χ1v) is 5.77. The van der Waals surface area contributed by atoms with Crippen molar-refractivity contribution >= 4 is 11.7 Å². The van der Waals surface area contributed by atoms with Gasteiger partial charge in [0.25, 0.3) is 0 Å². The summed E-state index contributed by atoms with van der Waals surface area (Å²) < 4.78 is 4.76. The minimum atomic E-state index is -0.398. The summed E-state index contributed by atoms with van der Waals surface area (Å²) >= 11 is 0. The number of nitrogens with zero attached hydrogens (tertiary/aromatic N) is 2. The van der Waals surface area contributed by atoms with Gasteiger partial charge in [-0.25, -0.2) is 9.78 Å². The molecule has 18 heavy (non-hydrogen) atoms. The van der Waals surface area contributed by atoms with Crippen molar-refractivity contribution in [2.24, 2.45) is 5.92 Å². The molecule has 0 bridgehead atoms. The first-order valence-electron chi connectivity index (χ1n) is 5.77. The number of rotatable bonds is 5. The molecule has 0 aromatic carbocycles. The fraction of sp³-hybridized carbons (Fsp3) is 0.462. The number of carbonyl (C=O) groups excluding carboxylic acids is 1. The van der Waals surface area contributed by atoms with Crippen molar-refractivity contribution in [3.8, 4) is 6.07 Å². The second-order valence-electron chi connectivity index (χ2n) is 4.39. The van der Waals surface area contributed by atoms with Crippen LogP contribution in [0.1, 0.15) is 26.0 Å². The monoisotopic (exact) mass is 247 g/mol. The molecule has 0 radical (unpaired) electrons. The Bertz CT molecular complexity index is 435. The molecular weight excluding hydrogens is 230 g/mol. The molecule has 0 fully saturated rings. The van der Waals surface area contributed by atoms with Crippen molar-refractivity contribution in [3.63, 3.8) is 0 Å². The zero-order valence-corrected chi connectivity index (χ0v) is 10.8. The number of nitriles is 1. The number of hydrogen-bond acceptors (Lipinski definition) is 5. The van der Waals surface area contributed by atoms with Crippen LogP contribution in [0.2, 0.25) is 0 Å². The average Bonchev–Trinajstić information content (AvgIpc) is 2.37. The Kier molecular flexibility index (Phi) is 5.12. The van der Waals surface area contributed by atoms with Crippen LogP contribution in [0.5, 0.6) is 0 Å². The zero-order chi connectivity index (χ0) is 13.5. The van der Waals surface area contributed by atoms with E-state index >= 15 is 0 Å². The maximum absolute atomic E-state index is 11.6. The van der Waals surface area contributed by atoms with Crippen molar-refractivity contribution in [2.75, 3.05) is 12.4 Å². The van der Waals surface area contributed by atoms with Gasteiger partial charge in [0, 0.05) is 0 Å². The van der Waals surface area contributed by atoms with Gasteiger partial charge in [-0.3, -0.25) is 0 Å². The number of nitrogens with one attached hydrogen (secondary N) is 1. The van der Waals surface area contributed by atoms with E-state index in [0.717, 1.165) is 0 Å². The third-order valence-electron chi connectivity index (χ3n) is 2.41. The Morgan fingerprint density at radius 1 is 1.56 bits per heavy atom. The summed E-state index contributed by atoms with van der Waals surface area (Å²) in [6.45, 7) is 4.07. The van der Waals surface area contributed by atoms with Gasteiger partial charge in [-0.15, -0.1) is 0 Å². The molecule has 5 nitrogen and oxygen atoms in total. The topological polar surface area (TPSA) is 75.0 Å². The Labute approximate surface area is 107 Å². The number of pyridine rings is 1. The summed E-state index contributed by atoms with van der Waals surface area (Å²) in [5.74, 6) is 0.0704. The van der Waals surface area contributed by atoms with Crippen LogP contribution >= 0.6 is 0 Å². The van der Waals surface area contributed by atoms with Gasteiger partial charge in [0.15, 0.2) is 0 Å². The highest BCUT2D eigenvalue weighted by Crippen LogP contribution is 2.13. The van der Waals surface area contributed by atoms with Gasteiger partial charge in [-0.2, -0.15) is 5.26 Å². The SMILES string of the molecule is COC(=O)C(CC(C)C)Nc1ccc(C#N)nc1. The lowest BCUT2D eigenvalue weighted by molar-refractivity contribution is -0.141. The predicted octanol–water partition coefficient (Wildman–Crippen LogP) is 1.95. The number of hydrogen-bond donors (Lipinski definition) is 1.